The van der Waals surface area contributed by atoms with Crippen molar-refractivity contribution in [2.24, 2.45) is 5.73 Å². The Morgan fingerprint density at radius 1 is 1.53 bits per heavy atom. The molecule has 0 spiro atoms. The summed E-state index contributed by atoms with van der Waals surface area (Å²) in [6.07, 6.45) is 0.571. The Kier molecular flexibility index (Phi) is 7.27. The summed E-state index contributed by atoms with van der Waals surface area (Å²) in [7, 11) is -1.60. The molecule has 0 saturated carbocycles. The molecule has 0 aliphatic rings. The molecule has 0 bridgehead atoms. The molecule has 1 heterocycles. The average molecular weight is 299 g/mol. The first-order chi connectivity index (χ1) is 7.47. The van der Waals surface area contributed by atoms with Crippen LogP contribution in [0.1, 0.15) is 11.8 Å². The van der Waals surface area contributed by atoms with Crippen LogP contribution >= 0.6 is 23.7 Å². The van der Waals surface area contributed by atoms with Crippen LogP contribution in [0.4, 0.5) is 0 Å². The smallest absolute Gasteiger partial charge is 0.214 e. The standard InChI is InChI=1S/C10H18N2O2S2.ClH/c1-9(8-11)12(2)16(13,14)7-5-10-4-3-6-15-10;/h3-4,6,9H,5,7-8,11H2,1-2H3;1H. The maximum absolute atomic E-state index is 11.9. The number of hydrogen-bond donors (Lipinski definition) is 1. The lowest BCUT2D eigenvalue weighted by atomic mass is 10.4. The topological polar surface area (TPSA) is 63.4 Å². The molecule has 0 radical (unpaired) electrons. The van der Waals surface area contributed by atoms with Gasteiger partial charge < -0.3 is 5.73 Å². The van der Waals surface area contributed by atoms with E-state index in [4.69, 9.17) is 5.73 Å². The Labute approximate surface area is 113 Å². The second-order valence-corrected chi connectivity index (χ2v) is 6.93. The van der Waals surface area contributed by atoms with E-state index in [-0.39, 0.29) is 24.2 Å². The third kappa shape index (κ3) is 4.93. The first-order valence-corrected chi connectivity index (χ1v) is 7.64. The molecule has 17 heavy (non-hydrogen) atoms. The Balaban J connectivity index is 0.00000256. The van der Waals surface area contributed by atoms with Crippen LogP contribution in [0.5, 0.6) is 0 Å². The zero-order valence-electron chi connectivity index (χ0n) is 10.00. The summed E-state index contributed by atoms with van der Waals surface area (Å²) >= 11 is 1.58. The molecule has 0 aliphatic heterocycles. The fourth-order valence-corrected chi connectivity index (χ4v) is 3.49. The van der Waals surface area contributed by atoms with Gasteiger partial charge in [-0.15, -0.1) is 23.7 Å². The van der Waals surface area contributed by atoms with Crippen molar-refractivity contribution in [1.29, 1.82) is 0 Å². The van der Waals surface area contributed by atoms with Gasteiger partial charge in [0.2, 0.25) is 10.0 Å². The average Bonchev–Trinajstić information content (AvgIpc) is 2.77. The molecule has 4 nitrogen and oxygen atoms in total. The van der Waals surface area contributed by atoms with Crippen LogP contribution in [0, 0.1) is 0 Å². The number of halogens is 1. The summed E-state index contributed by atoms with van der Waals surface area (Å²) in [5.74, 6) is 0.147. The normalized spacial score (nSPS) is 13.4. The van der Waals surface area contributed by atoms with Crippen molar-refractivity contribution < 1.29 is 8.42 Å². The van der Waals surface area contributed by atoms with Gasteiger partial charge in [0.25, 0.3) is 0 Å². The minimum Gasteiger partial charge on any atom is -0.329 e. The van der Waals surface area contributed by atoms with E-state index in [0.29, 0.717) is 13.0 Å². The van der Waals surface area contributed by atoms with Crippen molar-refractivity contribution in [3.05, 3.63) is 22.4 Å². The Hall–Kier alpha value is -0.140. The molecule has 0 amide bonds. The molecule has 0 fully saturated rings. The molecule has 7 heteroatoms. The highest BCUT2D eigenvalue weighted by molar-refractivity contribution is 7.89. The number of sulfonamides is 1. The number of nitrogens with zero attached hydrogens (tertiary/aromatic N) is 1. The molecule has 0 saturated heterocycles. The zero-order valence-corrected chi connectivity index (χ0v) is 12.4. The van der Waals surface area contributed by atoms with E-state index in [0.717, 1.165) is 4.88 Å². The van der Waals surface area contributed by atoms with E-state index in [1.165, 1.54) is 4.31 Å². The van der Waals surface area contributed by atoms with Gasteiger partial charge in [0.1, 0.15) is 0 Å². The highest BCUT2D eigenvalue weighted by Gasteiger charge is 2.21. The summed E-state index contributed by atoms with van der Waals surface area (Å²) in [5, 5.41) is 1.95. The first-order valence-electron chi connectivity index (χ1n) is 5.15. The summed E-state index contributed by atoms with van der Waals surface area (Å²) in [6, 6.07) is 3.74. The number of hydrogen-bond acceptors (Lipinski definition) is 4. The lowest BCUT2D eigenvalue weighted by molar-refractivity contribution is 0.394. The van der Waals surface area contributed by atoms with Gasteiger partial charge in [-0.3, -0.25) is 0 Å². The lowest BCUT2D eigenvalue weighted by Gasteiger charge is -2.22. The zero-order chi connectivity index (χ0) is 12.2. The maximum atomic E-state index is 11.9. The Bertz CT molecular complexity index is 406. The van der Waals surface area contributed by atoms with Gasteiger partial charge in [0.05, 0.1) is 5.75 Å². The summed E-state index contributed by atoms with van der Waals surface area (Å²) < 4.78 is 25.2. The van der Waals surface area contributed by atoms with Gasteiger partial charge in [-0.25, -0.2) is 12.7 Å². The molecule has 0 aliphatic carbocycles. The largest absolute Gasteiger partial charge is 0.329 e. The second-order valence-electron chi connectivity index (χ2n) is 3.75. The van der Waals surface area contributed by atoms with E-state index >= 15 is 0 Å². The molecule has 1 aromatic rings. The van der Waals surface area contributed by atoms with Gasteiger partial charge in [0, 0.05) is 24.5 Å². The van der Waals surface area contributed by atoms with Crippen LogP contribution in [0.3, 0.4) is 0 Å². The van der Waals surface area contributed by atoms with Gasteiger partial charge in [-0.1, -0.05) is 6.07 Å². The van der Waals surface area contributed by atoms with Gasteiger partial charge in [-0.05, 0) is 24.8 Å². The lowest BCUT2D eigenvalue weighted by Crippen LogP contribution is -2.41. The van der Waals surface area contributed by atoms with Gasteiger partial charge in [0.15, 0.2) is 0 Å². The van der Waals surface area contributed by atoms with Crippen molar-refractivity contribution in [3.63, 3.8) is 0 Å². The van der Waals surface area contributed by atoms with Crippen LogP contribution in [-0.4, -0.2) is 38.1 Å². The van der Waals surface area contributed by atoms with Crippen LogP contribution in [0.2, 0.25) is 0 Å². The minimum absolute atomic E-state index is 0. The highest BCUT2D eigenvalue weighted by atomic mass is 35.5. The fourth-order valence-electron chi connectivity index (χ4n) is 1.25. The first kappa shape index (κ1) is 16.9. The SMILES string of the molecule is CC(CN)N(C)S(=O)(=O)CCc1cccs1.Cl. The predicted molar refractivity (Wildman–Crippen MR) is 75.3 cm³/mol. The number of rotatable bonds is 6. The minimum atomic E-state index is -3.19. The third-order valence-corrected chi connectivity index (χ3v) is 5.48. The summed E-state index contributed by atoms with van der Waals surface area (Å²) in [5.41, 5.74) is 5.46. The van der Waals surface area contributed by atoms with Crippen molar-refractivity contribution in [3.8, 4) is 0 Å². The van der Waals surface area contributed by atoms with E-state index in [2.05, 4.69) is 0 Å². The molecule has 0 aromatic carbocycles. The number of likely N-dealkylation sites (N-methyl/N-ethyl adjacent to an activating group) is 1. The van der Waals surface area contributed by atoms with Crippen LogP contribution in [0.25, 0.3) is 0 Å². The van der Waals surface area contributed by atoms with E-state index in [9.17, 15) is 8.42 Å². The van der Waals surface area contributed by atoms with Crippen LogP contribution < -0.4 is 5.73 Å². The van der Waals surface area contributed by atoms with Crippen LogP contribution in [-0.2, 0) is 16.4 Å². The van der Waals surface area contributed by atoms with Crippen molar-refractivity contribution >= 4 is 33.8 Å². The highest BCUT2D eigenvalue weighted by Crippen LogP contribution is 2.12. The quantitative estimate of drug-likeness (QED) is 0.861. The van der Waals surface area contributed by atoms with E-state index < -0.39 is 10.0 Å². The second kappa shape index (κ2) is 7.33. The van der Waals surface area contributed by atoms with Crippen LogP contribution in [0.15, 0.2) is 17.5 Å². The molecular formula is C10H19ClN2O2S2. The molecule has 1 rings (SSSR count). The van der Waals surface area contributed by atoms with Crippen molar-refractivity contribution in [1.82, 2.24) is 4.31 Å². The molecule has 1 aromatic heterocycles. The number of nitrogens with two attached hydrogens (primary N) is 1. The number of aryl methyl sites for hydroxylation is 1. The summed E-state index contributed by atoms with van der Waals surface area (Å²) in [4.78, 5) is 1.09. The van der Waals surface area contributed by atoms with E-state index in [1.807, 2.05) is 24.4 Å². The third-order valence-electron chi connectivity index (χ3n) is 2.59. The monoisotopic (exact) mass is 298 g/mol. The molecular weight excluding hydrogens is 280 g/mol. The van der Waals surface area contributed by atoms with E-state index in [1.54, 1.807) is 18.4 Å². The van der Waals surface area contributed by atoms with Crippen molar-refractivity contribution in [2.45, 2.75) is 19.4 Å². The molecule has 1 unspecified atom stereocenters. The number of thiophene rings is 1. The fraction of sp³-hybridized carbons (Fsp3) is 0.600. The summed E-state index contributed by atoms with van der Waals surface area (Å²) in [6.45, 7) is 2.15. The van der Waals surface area contributed by atoms with Gasteiger partial charge >= 0.3 is 0 Å². The maximum Gasteiger partial charge on any atom is 0.214 e. The molecule has 1 atom stereocenters. The molecule has 100 valence electrons. The molecule has 2 N–H and O–H groups in total. The Morgan fingerprint density at radius 2 is 2.18 bits per heavy atom. The van der Waals surface area contributed by atoms with Gasteiger partial charge in [-0.2, -0.15) is 0 Å². The van der Waals surface area contributed by atoms with Crippen molar-refractivity contribution in [2.75, 3.05) is 19.3 Å². The predicted octanol–water partition coefficient (Wildman–Crippen LogP) is 1.32. The Morgan fingerprint density at radius 3 is 2.65 bits per heavy atom.